The number of rotatable bonds is 3. The highest BCUT2D eigenvalue weighted by Gasteiger charge is 2.32. The Bertz CT molecular complexity index is 430. The van der Waals surface area contributed by atoms with Gasteiger partial charge in [-0.15, -0.1) is 0 Å². The molecule has 1 aromatic rings. The molecule has 0 saturated heterocycles. The molecule has 0 aliphatic heterocycles. The smallest absolute Gasteiger partial charge is 0.161 e. The Morgan fingerprint density at radius 3 is 2.53 bits per heavy atom. The molecule has 0 amide bonds. The lowest BCUT2D eigenvalue weighted by Crippen LogP contribution is -2.24. The first-order valence-corrected chi connectivity index (χ1v) is 7.04. The zero-order valence-electron chi connectivity index (χ0n) is 12.1. The van der Waals surface area contributed by atoms with Gasteiger partial charge in [-0.3, -0.25) is 0 Å². The van der Waals surface area contributed by atoms with Crippen molar-refractivity contribution in [2.45, 2.75) is 44.6 Å². The summed E-state index contributed by atoms with van der Waals surface area (Å²) in [5, 5.41) is 10.9. The lowest BCUT2D eigenvalue weighted by atomic mass is 9.86. The molecule has 1 aromatic carbocycles. The molecule has 2 rings (SSSR count). The highest BCUT2D eigenvalue weighted by molar-refractivity contribution is 5.44. The second-order valence-electron chi connectivity index (χ2n) is 5.64. The summed E-state index contributed by atoms with van der Waals surface area (Å²) in [6, 6.07) is 5.74. The van der Waals surface area contributed by atoms with Gasteiger partial charge in [-0.05, 0) is 49.3 Å². The lowest BCUT2D eigenvalue weighted by Gasteiger charge is -2.28. The summed E-state index contributed by atoms with van der Waals surface area (Å²) in [6.45, 7) is 2.26. The van der Waals surface area contributed by atoms with E-state index in [0.29, 0.717) is 17.4 Å². The van der Waals surface area contributed by atoms with Gasteiger partial charge in [0.2, 0.25) is 0 Å². The fraction of sp³-hybridized carbons (Fsp3) is 0.625. The number of methoxy groups -OCH3 is 2. The largest absolute Gasteiger partial charge is 0.493 e. The molecule has 1 aliphatic rings. The summed E-state index contributed by atoms with van der Waals surface area (Å²) in [5.74, 6) is 2.09. The minimum absolute atomic E-state index is 0.686. The van der Waals surface area contributed by atoms with Gasteiger partial charge in [0.05, 0.1) is 19.8 Å². The summed E-state index contributed by atoms with van der Waals surface area (Å²) in [6.07, 6.45) is 5.00. The highest BCUT2D eigenvalue weighted by Crippen LogP contribution is 2.40. The molecule has 0 heterocycles. The predicted octanol–water partition coefficient (Wildman–Crippen LogP) is 3.49. The van der Waals surface area contributed by atoms with Gasteiger partial charge in [-0.2, -0.15) is 0 Å². The molecule has 0 spiro atoms. The fourth-order valence-electron chi connectivity index (χ4n) is 2.91. The van der Waals surface area contributed by atoms with Crippen molar-refractivity contribution < 1.29 is 14.6 Å². The number of hydrogen-bond donors (Lipinski definition) is 1. The van der Waals surface area contributed by atoms with Crippen LogP contribution in [0.15, 0.2) is 18.2 Å². The summed E-state index contributed by atoms with van der Waals surface area (Å²) in [5.41, 5.74) is 0.226. The third-order valence-electron chi connectivity index (χ3n) is 4.26. The SMILES string of the molecule is COc1ccc(C2(O)CCCC(C)CC2)cc1OC. The fourth-order valence-corrected chi connectivity index (χ4v) is 2.91. The lowest BCUT2D eigenvalue weighted by molar-refractivity contribution is 0.0196. The Labute approximate surface area is 115 Å². The van der Waals surface area contributed by atoms with Crippen LogP contribution in [0, 0.1) is 5.92 Å². The summed E-state index contributed by atoms with van der Waals surface area (Å²) < 4.78 is 10.6. The van der Waals surface area contributed by atoms with Crippen LogP contribution in [0.1, 0.15) is 44.6 Å². The van der Waals surface area contributed by atoms with E-state index >= 15 is 0 Å². The molecule has 1 N–H and O–H groups in total. The molecule has 0 aromatic heterocycles. The van der Waals surface area contributed by atoms with Gasteiger partial charge in [0.15, 0.2) is 11.5 Å². The Morgan fingerprint density at radius 2 is 1.84 bits per heavy atom. The van der Waals surface area contributed by atoms with Crippen LogP contribution in [-0.4, -0.2) is 19.3 Å². The number of ether oxygens (including phenoxy) is 2. The van der Waals surface area contributed by atoms with Crippen molar-refractivity contribution in [3.8, 4) is 11.5 Å². The molecule has 19 heavy (non-hydrogen) atoms. The van der Waals surface area contributed by atoms with E-state index in [0.717, 1.165) is 31.2 Å². The maximum atomic E-state index is 10.9. The molecule has 2 atom stereocenters. The first-order valence-electron chi connectivity index (χ1n) is 7.04. The topological polar surface area (TPSA) is 38.7 Å². The van der Waals surface area contributed by atoms with E-state index in [9.17, 15) is 5.11 Å². The molecule has 1 aliphatic carbocycles. The van der Waals surface area contributed by atoms with Crippen LogP contribution in [0.2, 0.25) is 0 Å². The third-order valence-corrected chi connectivity index (χ3v) is 4.26. The van der Waals surface area contributed by atoms with Crippen molar-refractivity contribution in [1.82, 2.24) is 0 Å². The first kappa shape index (κ1) is 14.2. The first-order chi connectivity index (χ1) is 9.09. The van der Waals surface area contributed by atoms with Crippen molar-refractivity contribution >= 4 is 0 Å². The van der Waals surface area contributed by atoms with Crippen molar-refractivity contribution in [3.05, 3.63) is 23.8 Å². The van der Waals surface area contributed by atoms with Gasteiger partial charge >= 0.3 is 0 Å². The molecular formula is C16H24O3. The minimum atomic E-state index is -0.718. The van der Waals surface area contributed by atoms with Crippen LogP contribution in [-0.2, 0) is 5.60 Å². The zero-order valence-corrected chi connectivity index (χ0v) is 12.1. The number of benzene rings is 1. The van der Waals surface area contributed by atoms with Gasteiger partial charge in [0, 0.05) is 0 Å². The number of aliphatic hydroxyl groups is 1. The maximum absolute atomic E-state index is 10.9. The van der Waals surface area contributed by atoms with E-state index in [1.165, 1.54) is 6.42 Å². The van der Waals surface area contributed by atoms with E-state index in [4.69, 9.17) is 9.47 Å². The van der Waals surface area contributed by atoms with Crippen LogP contribution >= 0.6 is 0 Å². The minimum Gasteiger partial charge on any atom is -0.493 e. The summed E-state index contributed by atoms with van der Waals surface area (Å²) in [7, 11) is 3.25. The van der Waals surface area contributed by atoms with Crippen LogP contribution in [0.3, 0.4) is 0 Å². The molecule has 106 valence electrons. The average molecular weight is 264 g/mol. The van der Waals surface area contributed by atoms with Crippen molar-refractivity contribution in [2.24, 2.45) is 5.92 Å². The summed E-state index contributed by atoms with van der Waals surface area (Å²) in [4.78, 5) is 0. The summed E-state index contributed by atoms with van der Waals surface area (Å²) >= 11 is 0. The Hall–Kier alpha value is -1.22. The van der Waals surface area contributed by atoms with Gasteiger partial charge in [0.1, 0.15) is 0 Å². The monoisotopic (exact) mass is 264 g/mol. The van der Waals surface area contributed by atoms with Gasteiger partial charge in [-0.25, -0.2) is 0 Å². The van der Waals surface area contributed by atoms with Gasteiger partial charge in [-0.1, -0.05) is 19.4 Å². The zero-order chi connectivity index (χ0) is 13.9. The Kier molecular flexibility index (Phi) is 4.35. The second kappa shape index (κ2) is 5.83. The molecule has 1 fully saturated rings. The number of hydrogen-bond acceptors (Lipinski definition) is 3. The van der Waals surface area contributed by atoms with E-state index in [2.05, 4.69) is 6.92 Å². The van der Waals surface area contributed by atoms with Crippen LogP contribution in [0.25, 0.3) is 0 Å². The average Bonchev–Trinajstić information content (AvgIpc) is 2.61. The van der Waals surface area contributed by atoms with E-state index < -0.39 is 5.60 Å². The molecule has 1 saturated carbocycles. The van der Waals surface area contributed by atoms with E-state index in [1.54, 1.807) is 14.2 Å². The van der Waals surface area contributed by atoms with Crippen LogP contribution < -0.4 is 9.47 Å². The molecule has 2 unspecified atom stereocenters. The molecule has 3 nitrogen and oxygen atoms in total. The second-order valence-corrected chi connectivity index (χ2v) is 5.64. The maximum Gasteiger partial charge on any atom is 0.161 e. The van der Waals surface area contributed by atoms with Gasteiger partial charge in [0.25, 0.3) is 0 Å². The van der Waals surface area contributed by atoms with Crippen molar-refractivity contribution in [3.63, 3.8) is 0 Å². The van der Waals surface area contributed by atoms with Gasteiger partial charge < -0.3 is 14.6 Å². The standard InChI is InChI=1S/C16H24O3/c1-12-5-4-9-16(17,10-8-12)13-6-7-14(18-2)15(11-13)19-3/h6-7,11-12,17H,4-5,8-10H2,1-3H3. The van der Waals surface area contributed by atoms with Crippen molar-refractivity contribution in [1.29, 1.82) is 0 Å². The third kappa shape index (κ3) is 3.03. The van der Waals surface area contributed by atoms with Crippen LogP contribution in [0.4, 0.5) is 0 Å². The predicted molar refractivity (Wildman–Crippen MR) is 75.7 cm³/mol. The highest BCUT2D eigenvalue weighted by atomic mass is 16.5. The van der Waals surface area contributed by atoms with Crippen LogP contribution in [0.5, 0.6) is 11.5 Å². The molecular weight excluding hydrogens is 240 g/mol. The molecule has 0 radical (unpaired) electrons. The normalized spacial score (nSPS) is 27.7. The van der Waals surface area contributed by atoms with E-state index in [1.807, 2.05) is 18.2 Å². The molecule has 0 bridgehead atoms. The van der Waals surface area contributed by atoms with Crippen molar-refractivity contribution in [2.75, 3.05) is 14.2 Å². The Morgan fingerprint density at radius 1 is 1.11 bits per heavy atom. The van der Waals surface area contributed by atoms with E-state index in [-0.39, 0.29) is 0 Å². The quantitative estimate of drug-likeness (QED) is 0.849. The Balaban J connectivity index is 2.29. The molecule has 3 heteroatoms.